The van der Waals surface area contributed by atoms with Crippen LogP contribution in [0.25, 0.3) is 0 Å². The lowest BCUT2D eigenvalue weighted by Crippen LogP contribution is -2.44. The summed E-state index contributed by atoms with van der Waals surface area (Å²) in [5, 5.41) is 20.2. The van der Waals surface area contributed by atoms with Gasteiger partial charge in [0, 0.05) is 25.6 Å². The van der Waals surface area contributed by atoms with Crippen LogP contribution in [0, 0.1) is 21.4 Å². The number of hydrogen-bond donors (Lipinski definition) is 1. The van der Waals surface area contributed by atoms with Gasteiger partial charge in [0.15, 0.2) is 0 Å². The molecule has 1 aliphatic carbocycles. The molecule has 0 aromatic rings. The molecule has 1 aliphatic heterocycles. The second kappa shape index (κ2) is 6.66. The molecule has 0 saturated heterocycles. The van der Waals surface area contributed by atoms with Crippen molar-refractivity contribution in [2.24, 2.45) is 11.3 Å². The van der Waals surface area contributed by atoms with Gasteiger partial charge >= 0.3 is 0 Å². The molecule has 0 fully saturated rings. The van der Waals surface area contributed by atoms with Gasteiger partial charge in [0.25, 0.3) is 0 Å². The summed E-state index contributed by atoms with van der Waals surface area (Å²) in [5.41, 5.74) is 1.79. The second-order valence-corrected chi connectivity index (χ2v) is 6.91. The first-order valence-electron chi connectivity index (χ1n) is 7.91. The number of amides is 1. The third-order valence-corrected chi connectivity index (χ3v) is 4.58. The third-order valence-electron chi connectivity index (χ3n) is 4.58. The highest BCUT2D eigenvalue weighted by molar-refractivity contribution is 5.82. The smallest absolute Gasteiger partial charge is 0.246 e. The standard InChI is InChI=1S/C17H24N2O4/c1-12-10-14(19(22)23)4-5-15(12)13-6-8-18(9-7-13)16(21)17(2,3)11-20/h4-6,12,20H,7-11H2,1-3H3. The summed E-state index contributed by atoms with van der Waals surface area (Å²) >= 11 is 0. The van der Waals surface area contributed by atoms with Crippen molar-refractivity contribution in [3.05, 3.63) is 45.2 Å². The van der Waals surface area contributed by atoms with Crippen LogP contribution in [0.2, 0.25) is 0 Å². The fourth-order valence-corrected chi connectivity index (χ4v) is 3.01. The predicted octanol–water partition coefficient (Wildman–Crippen LogP) is 2.29. The van der Waals surface area contributed by atoms with E-state index in [1.165, 1.54) is 5.57 Å². The van der Waals surface area contributed by atoms with E-state index in [2.05, 4.69) is 0 Å². The highest BCUT2D eigenvalue weighted by Crippen LogP contribution is 2.33. The van der Waals surface area contributed by atoms with Crippen LogP contribution < -0.4 is 0 Å². The van der Waals surface area contributed by atoms with Gasteiger partial charge in [0.1, 0.15) is 0 Å². The molecule has 0 radical (unpaired) electrons. The summed E-state index contributed by atoms with van der Waals surface area (Å²) in [5.74, 6) is 0.0688. The lowest BCUT2D eigenvalue weighted by molar-refractivity contribution is -0.428. The first-order valence-corrected chi connectivity index (χ1v) is 7.91. The molecule has 0 spiro atoms. The third kappa shape index (κ3) is 3.69. The van der Waals surface area contributed by atoms with Gasteiger partial charge < -0.3 is 10.0 Å². The molecular weight excluding hydrogens is 296 g/mol. The van der Waals surface area contributed by atoms with Crippen LogP contribution >= 0.6 is 0 Å². The molecule has 0 aromatic heterocycles. The summed E-state index contributed by atoms with van der Waals surface area (Å²) < 4.78 is 0. The van der Waals surface area contributed by atoms with E-state index in [0.717, 1.165) is 12.0 Å². The van der Waals surface area contributed by atoms with E-state index in [1.807, 2.05) is 19.1 Å². The van der Waals surface area contributed by atoms with Gasteiger partial charge in [0.2, 0.25) is 11.6 Å². The minimum Gasteiger partial charge on any atom is -0.395 e. The van der Waals surface area contributed by atoms with Crippen molar-refractivity contribution in [2.45, 2.75) is 33.6 Å². The Morgan fingerprint density at radius 1 is 1.48 bits per heavy atom. The lowest BCUT2D eigenvalue weighted by Gasteiger charge is -2.34. The van der Waals surface area contributed by atoms with Gasteiger partial charge in [-0.05, 0) is 37.3 Å². The molecule has 0 aromatic carbocycles. The Balaban J connectivity index is 2.11. The van der Waals surface area contributed by atoms with Gasteiger partial charge in [-0.1, -0.05) is 19.1 Å². The molecule has 23 heavy (non-hydrogen) atoms. The van der Waals surface area contributed by atoms with Gasteiger partial charge in [-0.2, -0.15) is 0 Å². The summed E-state index contributed by atoms with van der Waals surface area (Å²) in [6.07, 6.45) is 6.64. The maximum atomic E-state index is 12.4. The molecule has 126 valence electrons. The molecule has 2 aliphatic rings. The Morgan fingerprint density at radius 3 is 2.65 bits per heavy atom. The monoisotopic (exact) mass is 320 g/mol. The molecule has 0 bridgehead atoms. The molecule has 1 unspecified atom stereocenters. The van der Waals surface area contributed by atoms with Gasteiger partial charge in [0.05, 0.1) is 16.9 Å². The van der Waals surface area contributed by atoms with Crippen LogP contribution in [0.5, 0.6) is 0 Å². The Labute approximate surface area is 136 Å². The quantitative estimate of drug-likeness (QED) is 0.636. The zero-order valence-corrected chi connectivity index (χ0v) is 13.9. The van der Waals surface area contributed by atoms with E-state index in [9.17, 15) is 20.0 Å². The fourth-order valence-electron chi connectivity index (χ4n) is 3.01. The van der Waals surface area contributed by atoms with Crippen LogP contribution in [0.3, 0.4) is 0 Å². The van der Waals surface area contributed by atoms with Crippen LogP contribution in [0.15, 0.2) is 35.1 Å². The average Bonchev–Trinajstić information content (AvgIpc) is 2.54. The van der Waals surface area contributed by atoms with E-state index in [0.29, 0.717) is 19.5 Å². The van der Waals surface area contributed by atoms with Gasteiger partial charge in [-0.15, -0.1) is 0 Å². The predicted molar refractivity (Wildman–Crippen MR) is 87.1 cm³/mol. The van der Waals surface area contributed by atoms with Crippen molar-refractivity contribution >= 4 is 5.91 Å². The van der Waals surface area contributed by atoms with Crippen molar-refractivity contribution in [3.63, 3.8) is 0 Å². The second-order valence-electron chi connectivity index (χ2n) is 6.91. The molecule has 6 heteroatoms. The topological polar surface area (TPSA) is 83.7 Å². The first kappa shape index (κ1) is 17.4. The minimum atomic E-state index is -0.758. The van der Waals surface area contributed by atoms with Crippen LogP contribution in [0.1, 0.15) is 33.6 Å². The minimum absolute atomic E-state index is 0.0449. The van der Waals surface area contributed by atoms with E-state index >= 15 is 0 Å². The van der Waals surface area contributed by atoms with E-state index in [-0.39, 0.29) is 29.1 Å². The molecule has 1 N–H and O–H groups in total. The van der Waals surface area contributed by atoms with Crippen molar-refractivity contribution in [3.8, 4) is 0 Å². The summed E-state index contributed by atoms with van der Waals surface area (Å²) in [6, 6.07) is 0. The van der Waals surface area contributed by atoms with Gasteiger partial charge in [-0.25, -0.2) is 0 Å². The Morgan fingerprint density at radius 2 is 2.17 bits per heavy atom. The molecule has 1 amide bonds. The largest absolute Gasteiger partial charge is 0.395 e. The Hall–Kier alpha value is -1.95. The molecule has 1 heterocycles. The Kier molecular flexibility index (Phi) is 5.04. The van der Waals surface area contributed by atoms with Gasteiger partial charge in [-0.3, -0.25) is 14.9 Å². The van der Waals surface area contributed by atoms with E-state index in [1.54, 1.807) is 24.8 Å². The maximum absolute atomic E-state index is 12.4. The molecule has 1 atom stereocenters. The van der Waals surface area contributed by atoms with E-state index in [4.69, 9.17) is 0 Å². The summed E-state index contributed by atoms with van der Waals surface area (Å²) in [4.78, 5) is 24.6. The van der Waals surface area contributed by atoms with Crippen LogP contribution in [0.4, 0.5) is 0 Å². The average molecular weight is 320 g/mol. The number of rotatable bonds is 4. The lowest BCUT2D eigenvalue weighted by atomic mass is 9.84. The fraction of sp³-hybridized carbons (Fsp3) is 0.588. The van der Waals surface area contributed by atoms with Crippen molar-refractivity contribution in [1.82, 2.24) is 4.90 Å². The van der Waals surface area contributed by atoms with Crippen LogP contribution in [-0.2, 0) is 4.79 Å². The number of aliphatic hydroxyl groups excluding tert-OH is 1. The maximum Gasteiger partial charge on any atom is 0.246 e. The first-order chi connectivity index (χ1) is 10.8. The number of aliphatic hydroxyl groups is 1. The Bertz CT molecular complexity index is 602. The zero-order valence-electron chi connectivity index (χ0n) is 13.9. The highest BCUT2D eigenvalue weighted by atomic mass is 16.6. The van der Waals surface area contributed by atoms with Crippen molar-refractivity contribution < 1.29 is 14.8 Å². The van der Waals surface area contributed by atoms with E-state index < -0.39 is 5.41 Å². The number of carbonyl (C=O) groups is 1. The number of hydrogen-bond acceptors (Lipinski definition) is 4. The summed E-state index contributed by atoms with van der Waals surface area (Å²) in [6.45, 7) is 6.44. The normalized spacial score (nSPS) is 22.2. The van der Waals surface area contributed by atoms with Crippen molar-refractivity contribution in [1.29, 1.82) is 0 Å². The number of carbonyl (C=O) groups excluding carboxylic acids is 1. The zero-order chi connectivity index (χ0) is 17.2. The number of allylic oxidation sites excluding steroid dienone is 4. The molecule has 6 nitrogen and oxygen atoms in total. The SMILES string of the molecule is CC1CC([N+](=O)[O-])=CC=C1C1=CCN(C(=O)C(C)(C)CO)CC1. The number of nitrogens with zero attached hydrogens (tertiary/aromatic N) is 2. The molecular formula is C17H24N2O4. The summed E-state index contributed by atoms with van der Waals surface area (Å²) in [7, 11) is 0. The highest BCUT2D eigenvalue weighted by Gasteiger charge is 2.33. The number of nitro groups is 1. The molecule has 2 rings (SSSR count). The van der Waals surface area contributed by atoms with Crippen molar-refractivity contribution in [2.75, 3.05) is 19.7 Å². The van der Waals surface area contributed by atoms with Crippen LogP contribution in [-0.4, -0.2) is 40.5 Å². The molecule has 0 saturated carbocycles.